The van der Waals surface area contributed by atoms with E-state index in [-0.39, 0.29) is 42.5 Å². The lowest BCUT2D eigenvalue weighted by molar-refractivity contribution is -0.192. The third-order valence-electron chi connectivity index (χ3n) is 11.5. The van der Waals surface area contributed by atoms with Crippen LogP contribution in [0.1, 0.15) is 86.0 Å². The van der Waals surface area contributed by atoms with Crippen LogP contribution in [0.15, 0.2) is 11.6 Å². The van der Waals surface area contributed by atoms with Crippen molar-refractivity contribution in [1.82, 2.24) is 0 Å². The van der Waals surface area contributed by atoms with Crippen molar-refractivity contribution >= 4 is 5.78 Å². The highest BCUT2D eigenvalue weighted by Crippen LogP contribution is 2.68. The van der Waals surface area contributed by atoms with Gasteiger partial charge in [0.15, 0.2) is 5.78 Å². The van der Waals surface area contributed by atoms with Crippen molar-refractivity contribution < 1.29 is 35.4 Å². The molecule has 4 aliphatic rings. The van der Waals surface area contributed by atoms with E-state index >= 15 is 0 Å². The minimum absolute atomic E-state index is 0.00471. The monoisotopic (exact) mass is 508 g/mol. The molecular formula is C29H48O7. The maximum atomic E-state index is 13.3. The summed E-state index contributed by atoms with van der Waals surface area (Å²) >= 11 is 0. The lowest BCUT2D eigenvalue weighted by Gasteiger charge is -2.61. The summed E-state index contributed by atoms with van der Waals surface area (Å²) < 4.78 is 0. The smallest absolute Gasteiger partial charge is 0.159 e. The average Bonchev–Trinajstić information content (AvgIpc) is 3.09. The van der Waals surface area contributed by atoms with E-state index in [0.717, 1.165) is 6.42 Å². The van der Waals surface area contributed by atoms with Crippen molar-refractivity contribution in [2.45, 2.75) is 115 Å². The van der Waals surface area contributed by atoms with E-state index in [1.54, 1.807) is 13.0 Å². The Balaban J connectivity index is 1.69. The van der Waals surface area contributed by atoms with Gasteiger partial charge in [0, 0.05) is 23.9 Å². The van der Waals surface area contributed by atoms with Gasteiger partial charge in [-0.05, 0) is 86.7 Å². The van der Waals surface area contributed by atoms with Gasteiger partial charge in [-0.15, -0.1) is 0 Å². The second-order valence-corrected chi connectivity index (χ2v) is 13.4. The summed E-state index contributed by atoms with van der Waals surface area (Å²) in [5, 5.41) is 66.8. The molecule has 3 fully saturated rings. The Kier molecular flexibility index (Phi) is 7.38. The first-order valence-corrected chi connectivity index (χ1v) is 14.0. The summed E-state index contributed by atoms with van der Waals surface area (Å²) in [4.78, 5) is 13.3. The highest BCUT2D eigenvalue weighted by Gasteiger charge is 2.70. The van der Waals surface area contributed by atoms with Gasteiger partial charge >= 0.3 is 0 Å². The zero-order valence-corrected chi connectivity index (χ0v) is 22.7. The summed E-state index contributed by atoms with van der Waals surface area (Å²) in [7, 11) is 0. The standard InChI is InChI=1S/C29H48O7/c1-6-17(16(2)15-30)11-24(34)28(5,35)23-8-10-29(36)20-13-21(32)19-12-18(31)7-9-26(19,3)25(20)22(33)14-27(23,29)4/h13,16-19,22-25,30-31,33-36H,6-12,14-15H2,1-5H3/t16?,17?,18-,19-,22+,23-,24+,25+,26-,27+,28+,29+/m0/s1. The summed E-state index contributed by atoms with van der Waals surface area (Å²) in [6.45, 7) is 9.51. The molecule has 0 aliphatic heterocycles. The second-order valence-electron chi connectivity index (χ2n) is 13.4. The van der Waals surface area contributed by atoms with Crippen LogP contribution in [-0.2, 0) is 4.79 Å². The van der Waals surface area contributed by atoms with Crippen molar-refractivity contribution in [3.8, 4) is 0 Å². The third-order valence-corrected chi connectivity index (χ3v) is 11.5. The summed E-state index contributed by atoms with van der Waals surface area (Å²) in [6.07, 6.45) is 2.91. The van der Waals surface area contributed by atoms with E-state index in [0.29, 0.717) is 44.1 Å². The molecule has 0 radical (unpaired) electrons. The van der Waals surface area contributed by atoms with Gasteiger partial charge in [0.1, 0.15) is 0 Å². The Morgan fingerprint density at radius 1 is 1.19 bits per heavy atom. The fraction of sp³-hybridized carbons (Fsp3) is 0.897. The third kappa shape index (κ3) is 3.95. The fourth-order valence-corrected chi connectivity index (χ4v) is 9.07. The molecule has 0 saturated heterocycles. The van der Waals surface area contributed by atoms with E-state index < -0.39 is 46.3 Å². The number of ketones is 1. The highest BCUT2D eigenvalue weighted by atomic mass is 16.3. The van der Waals surface area contributed by atoms with Gasteiger partial charge in [-0.2, -0.15) is 0 Å². The Hall–Kier alpha value is -0.830. The first-order valence-electron chi connectivity index (χ1n) is 14.0. The summed E-state index contributed by atoms with van der Waals surface area (Å²) in [5.41, 5.74) is -3.77. The quantitative estimate of drug-likeness (QED) is 0.310. The van der Waals surface area contributed by atoms with Gasteiger partial charge in [0.05, 0.1) is 29.5 Å². The van der Waals surface area contributed by atoms with Crippen molar-refractivity contribution in [1.29, 1.82) is 0 Å². The minimum Gasteiger partial charge on any atom is -0.396 e. The first kappa shape index (κ1) is 28.2. The predicted octanol–water partition coefficient (Wildman–Crippen LogP) is 2.35. The number of carbonyl (C=O) groups excluding carboxylic acids is 1. The van der Waals surface area contributed by atoms with Gasteiger partial charge < -0.3 is 30.6 Å². The number of aliphatic hydroxyl groups excluding tert-OH is 4. The molecule has 4 rings (SSSR count). The lowest BCUT2D eigenvalue weighted by atomic mass is 9.45. The highest BCUT2D eigenvalue weighted by molar-refractivity contribution is 5.95. The van der Waals surface area contributed by atoms with E-state index in [4.69, 9.17) is 0 Å². The molecule has 7 heteroatoms. The molecule has 0 aromatic carbocycles. The molecule has 12 atom stereocenters. The maximum Gasteiger partial charge on any atom is 0.159 e. The van der Waals surface area contributed by atoms with Crippen molar-refractivity contribution in [3.05, 3.63) is 11.6 Å². The molecule has 3 saturated carbocycles. The first-order chi connectivity index (χ1) is 16.7. The molecule has 7 nitrogen and oxygen atoms in total. The minimum atomic E-state index is -1.52. The van der Waals surface area contributed by atoms with Gasteiger partial charge in [-0.3, -0.25) is 4.79 Å². The molecule has 0 aromatic rings. The van der Waals surface area contributed by atoms with Crippen molar-refractivity contribution in [2.75, 3.05) is 6.61 Å². The lowest BCUT2D eigenvalue weighted by Crippen LogP contribution is -2.65. The molecule has 0 aromatic heterocycles. The molecule has 4 aliphatic carbocycles. The van der Waals surface area contributed by atoms with Crippen LogP contribution in [0.25, 0.3) is 0 Å². The van der Waals surface area contributed by atoms with Crippen molar-refractivity contribution in [3.63, 3.8) is 0 Å². The van der Waals surface area contributed by atoms with E-state index in [1.165, 1.54) is 0 Å². The Labute approximate surface area is 215 Å². The van der Waals surface area contributed by atoms with Crippen LogP contribution >= 0.6 is 0 Å². The zero-order valence-electron chi connectivity index (χ0n) is 22.7. The molecule has 0 bridgehead atoms. The SMILES string of the molecule is CCC(C[C@@H](O)[C@](C)(O)[C@H]1CC[C@@]2(O)C3=CC(=O)[C@@H]4C[C@@H](O)CC[C@]4(C)[C@H]3[C@H](O)C[C@]12C)C(C)CO. The normalized spacial score (nSPS) is 46.6. The number of hydrogen-bond donors (Lipinski definition) is 6. The largest absolute Gasteiger partial charge is 0.396 e. The molecule has 0 spiro atoms. The topological polar surface area (TPSA) is 138 Å². The number of rotatable bonds is 7. The molecular weight excluding hydrogens is 460 g/mol. The fourth-order valence-electron chi connectivity index (χ4n) is 9.07. The van der Waals surface area contributed by atoms with E-state index in [9.17, 15) is 35.4 Å². The predicted molar refractivity (Wildman–Crippen MR) is 136 cm³/mol. The molecule has 36 heavy (non-hydrogen) atoms. The number of aliphatic hydroxyl groups is 6. The van der Waals surface area contributed by atoms with Gasteiger partial charge in [-0.1, -0.05) is 34.1 Å². The zero-order chi connectivity index (χ0) is 26.8. The second kappa shape index (κ2) is 9.42. The van der Waals surface area contributed by atoms with Gasteiger partial charge in [0.2, 0.25) is 0 Å². The van der Waals surface area contributed by atoms with Crippen LogP contribution in [0, 0.1) is 40.4 Å². The molecule has 0 amide bonds. The molecule has 206 valence electrons. The van der Waals surface area contributed by atoms with Crippen LogP contribution in [-0.4, -0.2) is 72.5 Å². The molecule has 2 unspecified atom stereocenters. The van der Waals surface area contributed by atoms with Crippen molar-refractivity contribution in [2.24, 2.45) is 40.4 Å². The number of carbonyl (C=O) groups is 1. The maximum absolute atomic E-state index is 13.3. The summed E-state index contributed by atoms with van der Waals surface area (Å²) in [5.74, 6) is -1.30. The van der Waals surface area contributed by atoms with Crippen LogP contribution in [0.3, 0.4) is 0 Å². The number of allylic oxidation sites excluding steroid dienone is 1. The summed E-state index contributed by atoms with van der Waals surface area (Å²) in [6, 6.07) is 0. The molecule has 6 N–H and O–H groups in total. The Morgan fingerprint density at radius 3 is 2.47 bits per heavy atom. The van der Waals surface area contributed by atoms with Crippen LogP contribution in [0.4, 0.5) is 0 Å². The number of hydrogen-bond acceptors (Lipinski definition) is 7. The molecule has 0 heterocycles. The van der Waals surface area contributed by atoms with Crippen LogP contribution in [0.2, 0.25) is 0 Å². The van der Waals surface area contributed by atoms with E-state index in [2.05, 4.69) is 0 Å². The Morgan fingerprint density at radius 2 is 1.86 bits per heavy atom. The van der Waals surface area contributed by atoms with Crippen LogP contribution in [0.5, 0.6) is 0 Å². The van der Waals surface area contributed by atoms with Crippen LogP contribution < -0.4 is 0 Å². The van der Waals surface area contributed by atoms with E-state index in [1.807, 2.05) is 27.7 Å². The van der Waals surface area contributed by atoms with Gasteiger partial charge in [-0.25, -0.2) is 0 Å². The Bertz CT molecular complexity index is 885. The average molecular weight is 509 g/mol. The van der Waals surface area contributed by atoms with Gasteiger partial charge in [0.25, 0.3) is 0 Å². The number of fused-ring (bicyclic) bond motifs is 5.